The van der Waals surface area contributed by atoms with Crippen LogP contribution in [0.5, 0.6) is 0 Å². The molecule has 0 aliphatic rings. The molecule has 8 aromatic carbocycles. The Labute approximate surface area is 332 Å². The fourth-order valence-electron chi connectivity index (χ4n) is 7.31. The van der Waals surface area contributed by atoms with Gasteiger partial charge in [0.25, 0.3) is 0 Å². The van der Waals surface area contributed by atoms with Gasteiger partial charge in [0, 0.05) is 17.1 Å². The lowest BCUT2D eigenvalue weighted by atomic mass is 9.92. The van der Waals surface area contributed by atoms with E-state index in [0.29, 0.717) is 0 Å². The molecule has 0 bridgehead atoms. The summed E-state index contributed by atoms with van der Waals surface area (Å²) < 4.78 is 0. The lowest BCUT2D eigenvalue weighted by Crippen LogP contribution is -2.10. The Hall–Kier alpha value is -6.96. The van der Waals surface area contributed by atoms with Gasteiger partial charge < -0.3 is 4.90 Å². The molecule has 0 saturated heterocycles. The van der Waals surface area contributed by atoms with Crippen LogP contribution >= 0.6 is 0 Å². The topological polar surface area (TPSA) is 3.24 Å². The van der Waals surface area contributed by atoms with Crippen molar-refractivity contribution >= 4 is 22.6 Å². The van der Waals surface area contributed by atoms with Gasteiger partial charge in [-0.1, -0.05) is 195 Å². The maximum absolute atomic E-state index is 2.37. The molecule has 0 N–H and O–H groups in total. The Morgan fingerprint density at radius 2 is 0.768 bits per heavy atom. The van der Waals surface area contributed by atoms with Gasteiger partial charge in [0.05, 0.1) is 0 Å². The first-order chi connectivity index (χ1) is 27.6. The summed E-state index contributed by atoms with van der Waals surface area (Å²) in [5, 5.41) is 0. The van der Waals surface area contributed by atoms with Crippen LogP contribution in [0.1, 0.15) is 25.8 Å². The predicted molar refractivity (Wildman–Crippen MR) is 241 cm³/mol. The third kappa shape index (κ3) is 8.09. The molecule has 0 unspecified atom stereocenters. The number of hydrogen-bond donors (Lipinski definition) is 0. The molecule has 8 rings (SSSR count). The third-order valence-electron chi connectivity index (χ3n) is 10.4. The summed E-state index contributed by atoms with van der Waals surface area (Å²) in [6.07, 6.45) is 7.55. The maximum atomic E-state index is 2.37. The molecular formula is C55H45N. The average molecular weight is 720 g/mol. The molecule has 56 heavy (non-hydrogen) atoms. The zero-order valence-electron chi connectivity index (χ0n) is 32.0. The quantitative estimate of drug-likeness (QED) is 0.120. The normalized spacial score (nSPS) is 11.5. The number of nitrogens with zero attached hydrogens (tertiary/aromatic N) is 1. The molecule has 0 amide bonds. The third-order valence-corrected chi connectivity index (χ3v) is 10.4. The summed E-state index contributed by atoms with van der Waals surface area (Å²) in [5.41, 5.74) is 17.8. The maximum Gasteiger partial charge on any atom is 0.0468 e. The molecule has 270 valence electrons. The minimum absolute atomic E-state index is 1.03. The average Bonchev–Trinajstić information content (AvgIpc) is 3.28. The van der Waals surface area contributed by atoms with E-state index in [1.165, 1.54) is 66.8 Å². The van der Waals surface area contributed by atoms with E-state index < -0.39 is 0 Å². The number of allylic oxidation sites excluding steroid dienone is 4. The highest BCUT2D eigenvalue weighted by atomic mass is 15.1. The van der Waals surface area contributed by atoms with Gasteiger partial charge in [-0.15, -0.1) is 0 Å². The molecule has 1 heteroatoms. The van der Waals surface area contributed by atoms with E-state index in [0.717, 1.165) is 23.5 Å². The molecular weight excluding hydrogens is 675 g/mol. The molecule has 0 radical (unpaired) electrons. The van der Waals surface area contributed by atoms with Crippen molar-refractivity contribution in [1.82, 2.24) is 0 Å². The van der Waals surface area contributed by atoms with Gasteiger partial charge in [-0.05, 0) is 117 Å². The van der Waals surface area contributed by atoms with E-state index in [4.69, 9.17) is 0 Å². The zero-order chi connectivity index (χ0) is 38.1. The van der Waals surface area contributed by atoms with E-state index >= 15 is 0 Å². The number of anilines is 3. The van der Waals surface area contributed by atoms with Gasteiger partial charge in [0.2, 0.25) is 0 Å². The zero-order valence-corrected chi connectivity index (χ0v) is 32.0. The van der Waals surface area contributed by atoms with Crippen molar-refractivity contribution in [3.63, 3.8) is 0 Å². The van der Waals surface area contributed by atoms with Gasteiger partial charge in [0.15, 0.2) is 0 Å². The van der Waals surface area contributed by atoms with Crippen LogP contribution in [0.3, 0.4) is 0 Å². The monoisotopic (exact) mass is 719 g/mol. The first kappa shape index (κ1) is 36.0. The second-order valence-electron chi connectivity index (χ2n) is 14.1. The van der Waals surface area contributed by atoms with E-state index in [1.807, 2.05) is 0 Å². The largest absolute Gasteiger partial charge is 0.310 e. The van der Waals surface area contributed by atoms with Crippen LogP contribution in [0.15, 0.2) is 224 Å². The molecule has 0 heterocycles. The number of rotatable bonds is 11. The van der Waals surface area contributed by atoms with Crippen LogP contribution in [0.4, 0.5) is 17.1 Å². The molecule has 0 aromatic heterocycles. The Bertz CT molecular complexity index is 2550. The fraction of sp³-hybridized carbons (Fsp3) is 0.0545. The summed E-state index contributed by atoms with van der Waals surface area (Å²) in [4.78, 5) is 2.37. The van der Waals surface area contributed by atoms with Crippen molar-refractivity contribution in [2.45, 2.75) is 20.3 Å². The summed E-state index contributed by atoms with van der Waals surface area (Å²) >= 11 is 0. The first-order valence-electron chi connectivity index (χ1n) is 19.5. The molecule has 0 saturated carbocycles. The van der Waals surface area contributed by atoms with Gasteiger partial charge in [-0.2, -0.15) is 0 Å². The standard InChI is InChI=1S/C55H45N/c1-3-4-8-15-41(2)42-30-34-51(35-31-42)56(52-36-32-48(33-37-52)44-18-11-6-12-19-44)53-38-39-54(55(40-53)49-20-13-7-14-21-49)50-28-26-47(27-29-50)46-24-22-45(23-25-46)43-16-9-5-10-17-43/h4-40H,3H2,1-2H3/b8-4-,41-15+. The SMILES string of the molecule is CC/C=C\C=C(/C)c1ccc(N(c2ccc(-c3ccccc3)cc2)c2ccc(-c3ccc(-c4ccc(-c5ccccc5)cc4)cc3)c(-c3ccccc3)c2)cc1. The van der Waals surface area contributed by atoms with Crippen LogP contribution in [0.2, 0.25) is 0 Å². The summed E-state index contributed by atoms with van der Waals surface area (Å²) in [7, 11) is 0. The molecule has 0 spiro atoms. The van der Waals surface area contributed by atoms with Crippen molar-refractivity contribution in [3.05, 3.63) is 230 Å². The highest BCUT2D eigenvalue weighted by Crippen LogP contribution is 2.42. The Morgan fingerprint density at radius 3 is 1.25 bits per heavy atom. The van der Waals surface area contributed by atoms with Crippen LogP contribution in [-0.4, -0.2) is 0 Å². The van der Waals surface area contributed by atoms with E-state index in [1.54, 1.807) is 0 Å². The van der Waals surface area contributed by atoms with Crippen molar-refractivity contribution in [3.8, 4) is 55.6 Å². The van der Waals surface area contributed by atoms with Crippen LogP contribution in [-0.2, 0) is 0 Å². The molecule has 0 aliphatic carbocycles. The number of hydrogen-bond acceptors (Lipinski definition) is 1. The molecule has 0 atom stereocenters. The molecule has 8 aromatic rings. The first-order valence-corrected chi connectivity index (χ1v) is 19.5. The second-order valence-corrected chi connectivity index (χ2v) is 14.1. The van der Waals surface area contributed by atoms with Crippen molar-refractivity contribution in [1.29, 1.82) is 0 Å². The van der Waals surface area contributed by atoms with E-state index in [2.05, 4.69) is 243 Å². The smallest absolute Gasteiger partial charge is 0.0468 e. The van der Waals surface area contributed by atoms with Crippen molar-refractivity contribution in [2.24, 2.45) is 0 Å². The highest BCUT2D eigenvalue weighted by Gasteiger charge is 2.17. The van der Waals surface area contributed by atoms with Gasteiger partial charge in [-0.3, -0.25) is 0 Å². The minimum atomic E-state index is 1.03. The van der Waals surface area contributed by atoms with Crippen LogP contribution < -0.4 is 4.90 Å². The van der Waals surface area contributed by atoms with E-state index in [-0.39, 0.29) is 0 Å². The second kappa shape index (κ2) is 17.0. The van der Waals surface area contributed by atoms with Gasteiger partial charge in [0.1, 0.15) is 0 Å². The number of benzene rings is 8. The minimum Gasteiger partial charge on any atom is -0.310 e. The Balaban J connectivity index is 1.18. The van der Waals surface area contributed by atoms with Crippen molar-refractivity contribution < 1.29 is 0 Å². The van der Waals surface area contributed by atoms with Gasteiger partial charge in [-0.25, -0.2) is 0 Å². The van der Waals surface area contributed by atoms with Crippen molar-refractivity contribution in [2.75, 3.05) is 4.90 Å². The molecule has 0 fully saturated rings. The lowest BCUT2D eigenvalue weighted by molar-refractivity contribution is 1.22. The molecule has 1 nitrogen and oxygen atoms in total. The predicted octanol–water partition coefficient (Wildman–Crippen LogP) is 15.9. The highest BCUT2D eigenvalue weighted by molar-refractivity contribution is 5.90. The Kier molecular flexibility index (Phi) is 11.0. The van der Waals surface area contributed by atoms with Gasteiger partial charge >= 0.3 is 0 Å². The summed E-state index contributed by atoms with van der Waals surface area (Å²) in [6, 6.07) is 74.5. The Morgan fingerprint density at radius 1 is 0.393 bits per heavy atom. The summed E-state index contributed by atoms with van der Waals surface area (Å²) in [5.74, 6) is 0. The molecule has 0 aliphatic heterocycles. The fourth-order valence-corrected chi connectivity index (χ4v) is 7.31. The van der Waals surface area contributed by atoms with E-state index in [9.17, 15) is 0 Å². The lowest BCUT2D eigenvalue weighted by Gasteiger charge is -2.27. The summed E-state index contributed by atoms with van der Waals surface area (Å²) in [6.45, 7) is 4.34. The van der Waals surface area contributed by atoms with Crippen LogP contribution in [0.25, 0.3) is 61.2 Å². The van der Waals surface area contributed by atoms with Crippen LogP contribution in [0, 0.1) is 0 Å².